The van der Waals surface area contributed by atoms with E-state index in [0.717, 1.165) is 32.5 Å². The summed E-state index contributed by atoms with van der Waals surface area (Å²) in [5.74, 6) is 1.65. The summed E-state index contributed by atoms with van der Waals surface area (Å²) >= 11 is 1.92. The molecule has 2 aliphatic rings. The summed E-state index contributed by atoms with van der Waals surface area (Å²) in [5.41, 5.74) is -0.154. The molecule has 1 saturated carbocycles. The molecule has 1 aliphatic heterocycles. The van der Waals surface area contributed by atoms with Crippen LogP contribution in [0.25, 0.3) is 0 Å². The summed E-state index contributed by atoms with van der Waals surface area (Å²) in [6.07, 6.45) is 11.7. The quantitative estimate of drug-likeness (QED) is 0.722. The number of amides is 1. The minimum Gasteiger partial charge on any atom is -0.328 e. The van der Waals surface area contributed by atoms with E-state index in [1.54, 1.807) is 0 Å². The maximum Gasteiger partial charge on any atom is 0.243 e. The lowest BCUT2D eigenvalue weighted by Gasteiger charge is -2.21. The molecule has 0 radical (unpaired) electrons. The Kier molecular flexibility index (Phi) is 5.37. The van der Waals surface area contributed by atoms with Gasteiger partial charge in [0.05, 0.1) is 12.2 Å². The van der Waals surface area contributed by atoms with E-state index in [-0.39, 0.29) is 5.54 Å². The zero-order valence-electron chi connectivity index (χ0n) is 11.5. The molecule has 1 saturated heterocycles. The number of nitrogens with zero attached hydrogens (tertiary/aromatic N) is 1. The summed E-state index contributed by atoms with van der Waals surface area (Å²) in [6, 6.07) is 0. The molecular formula is C14H26N2OS. The second-order valence-corrected chi connectivity index (χ2v) is 6.59. The average Bonchev–Trinajstić information content (AvgIpc) is 2.97. The van der Waals surface area contributed by atoms with E-state index in [0.29, 0.717) is 5.91 Å². The molecule has 3 nitrogen and oxygen atoms in total. The molecule has 1 N–H and O–H groups in total. The highest BCUT2D eigenvalue weighted by Gasteiger charge is 2.47. The van der Waals surface area contributed by atoms with E-state index in [1.807, 2.05) is 16.7 Å². The van der Waals surface area contributed by atoms with Crippen LogP contribution in [0.4, 0.5) is 0 Å². The van der Waals surface area contributed by atoms with E-state index in [2.05, 4.69) is 11.6 Å². The van der Waals surface area contributed by atoms with E-state index >= 15 is 0 Å². The van der Waals surface area contributed by atoms with Crippen LogP contribution in [0.2, 0.25) is 0 Å². The minimum atomic E-state index is -0.154. The molecule has 1 spiro atoms. The molecule has 1 aliphatic carbocycles. The van der Waals surface area contributed by atoms with Gasteiger partial charge in [0, 0.05) is 6.54 Å². The van der Waals surface area contributed by atoms with Crippen LogP contribution in [-0.2, 0) is 4.79 Å². The highest BCUT2D eigenvalue weighted by atomic mass is 32.2. The molecule has 0 atom stereocenters. The van der Waals surface area contributed by atoms with Crippen molar-refractivity contribution >= 4 is 17.7 Å². The number of hydrogen-bond donors (Lipinski definition) is 1. The van der Waals surface area contributed by atoms with Crippen LogP contribution >= 0.6 is 11.8 Å². The number of carbonyl (C=O) groups excluding carboxylic acids is 1. The highest BCUT2D eigenvalue weighted by molar-refractivity contribution is 7.98. The first-order valence-electron chi connectivity index (χ1n) is 7.32. The third kappa shape index (κ3) is 3.21. The summed E-state index contributed by atoms with van der Waals surface area (Å²) in [5, 5.41) is 3.47. The lowest BCUT2D eigenvalue weighted by Crippen LogP contribution is -2.43. The largest absolute Gasteiger partial charge is 0.328 e. The number of thioether (sulfide) groups is 1. The van der Waals surface area contributed by atoms with Gasteiger partial charge in [-0.15, -0.1) is 0 Å². The van der Waals surface area contributed by atoms with E-state index in [1.165, 1.54) is 37.9 Å². The fourth-order valence-electron chi connectivity index (χ4n) is 3.15. The number of carbonyl (C=O) groups is 1. The van der Waals surface area contributed by atoms with Gasteiger partial charge in [0.15, 0.2) is 0 Å². The van der Waals surface area contributed by atoms with E-state index < -0.39 is 0 Å². The Bertz CT molecular complexity index is 277. The van der Waals surface area contributed by atoms with Crippen molar-refractivity contribution in [3.63, 3.8) is 0 Å². The second-order valence-electron chi connectivity index (χ2n) is 5.60. The van der Waals surface area contributed by atoms with Crippen molar-refractivity contribution in [3.05, 3.63) is 0 Å². The Hall–Kier alpha value is -0.220. The van der Waals surface area contributed by atoms with Gasteiger partial charge in [-0.3, -0.25) is 10.1 Å². The average molecular weight is 270 g/mol. The Morgan fingerprint density at radius 1 is 1.22 bits per heavy atom. The number of nitrogens with one attached hydrogen (secondary N) is 1. The molecule has 0 bridgehead atoms. The second kappa shape index (κ2) is 6.80. The van der Waals surface area contributed by atoms with Crippen molar-refractivity contribution in [1.82, 2.24) is 10.2 Å². The van der Waals surface area contributed by atoms with Crippen LogP contribution in [0.15, 0.2) is 0 Å². The molecule has 1 heterocycles. The minimum absolute atomic E-state index is 0.154. The summed E-state index contributed by atoms with van der Waals surface area (Å²) < 4.78 is 0. The van der Waals surface area contributed by atoms with Gasteiger partial charge in [0.1, 0.15) is 0 Å². The van der Waals surface area contributed by atoms with Gasteiger partial charge in [-0.2, -0.15) is 11.8 Å². The monoisotopic (exact) mass is 270 g/mol. The van der Waals surface area contributed by atoms with Crippen LogP contribution in [-0.4, -0.2) is 41.6 Å². The van der Waals surface area contributed by atoms with Gasteiger partial charge in [0.25, 0.3) is 0 Å². The van der Waals surface area contributed by atoms with Crippen LogP contribution in [0, 0.1) is 0 Å². The molecule has 0 aromatic carbocycles. The van der Waals surface area contributed by atoms with Crippen molar-refractivity contribution in [1.29, 1.82) is 0 Å². The Labute approximate surface area is 115 Å². The molecule has 2 fully saturated rings. The topological polar surface area (TPSA) is 32.3 Å². The van der Waals surface area contributed by atoms with Crippen molar-refractivity contribution < 1.29 is 4.79 Å². The zero-order valence-corrected chi connectivity index (χ0v) is 12.4. The van der Waals surface area contributed by atoms with Gasteiger partial charge in [-0.25, -0.2) is 0 Å². The predicted molar refractivity (Wildman–Crippen MR) is 77.8 cm³/mol. The van der Waals surface area contributed by atoms with Gasteiger partial charge >= 0.3 is 0 Å². The molecule has 18 heavy (non-hydrogen) atoms. The van der Waals surface area contributed by atoms with Crippen molar-refractivity contribution in [2.45, 2.75) is 56.9 Å². The SMILES string of the molecule is CSCCCCCCN1CNC2(CCCC2)C1=O. The standard InChI is InChI=1S/C14H26N2OS/c1-18-11-7-3-2-6-10-16-12-15-14(13(16)17)8-4-5-9-14/h15H,2-12H2,1H3. The normalized spacial score (nSPS) is 22.3. The van der Waals surface area contributed by atoms with Crippen LogP contribution < -0.4 is 5.32 Å². The zero-order chi connectivity index (χ0) is 12.8. The van der Waals surface area contributed by atoms with Gasteiger partial charge < -0.3 is 4.90 Å². The number of unbranched alkanes of at least 4 members (excludes halogenated alkanes) is 3. The number of rotatable bonds is 7. The molecular weight excluding hydrogens is 244 g/mol. The van der Waals surface area contributed by atoms with E-state index in [9.17, 15) is 4.79 Å². The first-order valence-corrected chi connectivity index (χ1v) is 8.71. The predicted octanol–water partition coefficient (Wildman–Crippen LogP) is 2.61. The highest BCUT2D eigenvalue weighted by Crippen LogP contribution is 2.34. The first-order chi connectivity index (χ1) is 8.78. The van der Waals surface area contributed by atoms with Crippen molar-refractivity contribution in [3.8, 4) is 0 Å². The van der Waals surface area contributed by atoms with Gasteiger partial charge in [0.2, 0.25) is 5.91 Å². The molecule has 2 rings (SSSR count). The van der Waals surface area contributed by atoms with Crippen molar-refractivity contribution in [2.75, 3.05) is 25.2 Å². The Morgan fingerprint density at radius 3 is 2.67 bits per heavy atom. The fraction of sp³-hybridized carbons (Fsp3) is 0.929. The maximum absolute atomic E-state index is 12.4. The van der Waals surface area contributed by atoms with Crippen LogP contribution in [0.1, 0.15) is 51.4 Å². The maximum atomic E-state index is 12.4. The Balaban J connectivity index is 1.64. The first kappa shape index (κ1) is 14.2. The van der Waals surface area contributed by atoms with Gasteiger partial charge in [-0.05, 0) is 37.7 Å². The fourth-order valence-corrected chi connectivity index (χ4v) is 3.64. The summed E-state index contributed by atoms with van der Waals surface area (Å²) in [6.45, 7) is 1.73. The third-order valence-electron chi connectivity index (χ3n) is 4.29. The van der Waals surface area contributed by atoms with Gasteiger partial charge in [-0.1, -0.05) is 25.7 Å². The van der Waals surface area contributed by atoms with E-state index in [4.69, 9.17) is 0 Å². The molecule has 0 unspecified atom stereocenters. The summed E-state index contributed by atoms with van der Waals surface area (Å²) in [4.78, 5) is 14.4. The molecule has 0 aromatic heterocycles. The number of hydrogen-bond acceptors (Lipinski definition) is 3. The molecule has 0 aromatic rings. The smallest absolute Gasteiger partial charge is 0.243 e. The van der Waals surface area contributed by atoms with Crippen LogP contribution in [0.5, 0.6) is 0 Å². The Morgan fingerprint density at radius 2 is 1.94 bits per heavy atom. The molecule has 1 amide bonds. The van der Waals surface area contributed by atoms with Crippen molar-refractivity contribution in [2.24, 2.45) is 0 Å². The third-order valence-corrected chi connectivity index (χ3v) is 4.99. The molecule has 4 heteroatoms. The summed E-state index contributed by atoms with van der Waals surface area (Å²) in [7, 11) is 0. The lowest BCUT2D eigenvalue weighted by atomic mass is 9.98. The molecule has 104 valence electrons. The lowest BCUT2D eigenvalue weighted by molar-refractivity contribution is -0.132. The van der Waals surface area contributed by atoms with Crippen LogP contribution in [0.3, 0.4) is 0 Å².